The fraction of sp³-hybridized carbons (Fsp3) is 0. The molecule has 0 spiro atoms. The molecule has 1 aromatic carbocycles. The Kier molecular flexibility index (Phi) is 3.09. The van der Waals surface area contributed by atoms with Crippen LogP contribution in [0.2, 0.25) is 0 Å². The van der Waals surface area contributed by atoms with Crippen molar-refractivity contribution < 1.29 is 14.1 Å². The van der Waals surface area contributed by atoms with Crippen LogP contribution < -0.4 is 0 Å². The van der Waals surface area contributed by atoms with E-state index in [-0.39, 0.29) is 11.4 Å². The Morgan fingerprint density at radius 1 is 1.28 bits per heavy atom. The molecular formula is C12H7FN2O3. The van der Waals surface area contributed by atoms with Crippen LogP contribution in [0.5, 0.6) is 0 Å². The Balaban J connectivity index is 2.48. The Hall–Kier alpha value is -2.63. The molecule has 18 heavy (non-hydrogen) atoms. The van der Waals surface area contributed by atoms with E-state index in [2.05, 4.69) is 4.98 Å². The lowest BCUT2D eigenvalue weighted by Crippen LogP contribution is -1.93. The molecule has 0 atom stereocenters. The molecule has 2 rings (SSSR count). The molecular weight excluding hydrogens is 239 g/mol. The zero-order valence-electron chi connectivity index (χ0n) is 9.04. The van der Waals surface area contributed by atoms with E-state index < -0.39 is 10.7 Å². The first-order valence-corrected chi connectivity index (χ1v) is 4.97. The number of rotatable bonds is 3. The molecule has 0 saturated carbocycles. The average Bonchev–Trinajstić information content (AvgIpc) is 2.39. The summed E-state index contributed by atoms with van der Waals surface area (Å²) in [6.07, 6.45) is 1.80. The fourth-order valence-electron chi connectivity index (χ4n) is 1.49. The SMILES string of the molecule is O=Cc1ccc(F)c(-c2ccc([N+](=O)[O-])nc2)c1. The summed E-state index contributed by atoms with van der Waals surface area (Å²) in [5.74, 6) is -0.832. The lowest BCUT2D eigenvalue weighted by Gasteiger charge is -2.02. The van der Waals surface area contributed by atoms with E-state index in [9.17, 15) is 19.3 Å². The topological polar surface area (TPSA) is 73.1 Å². The molecule has 0 N–H and O–H groups in total. The Morgan fingerprint density at radius 3 is 2.61 bits per heavy atom. The number of aromatic nitrogens is 1. The quantitative estimate of drug-likeness (QED) is 0.474. The van der Waals surface area contributed by atoms with Crippen LogP contribution in [0.15, 0.2) is 36.5 Å². The van der Waals surface area contributed by atoms with E-state index >= 15 is 0 Å². The molecule has 0 fully saturated rings. The van der Waals surface area contributed by atoms with E-state index in [1.54, 1.807) is 0 Å². The van der Waals surface area contributed by atoms with Gasteiger partial charge < -0.3 is 10.1 Å². The predicted octanol–water partition coefficient (Wildman–Crippen LogP) is 2.61. The second-order valence-corrected chi connectivity index (χ2v) is 3.52. The van der Waals surface area contributed by atoms with Crippen LogP contribution in [-0.4, -0.2) is 16.2 Å². The highest BCUT2D eigenvalue weighted by Crippen LogP contribution is 2.24. The van der Waals surface area contributed by atoms with Gasteiger partial charge in [0.2, 0.25) is 0 Å². The summed E-state index contributed by atoms with van der Waals surface area (Å²) < 4.78 is 13.6. The third-order valence-electron chi connectivity index (χ3n) is 2.37. The van der Waals surface area contributed by atoms with Crippen LogP contribution >= 0.6 is 0 Å². The first kappa shape index (κ1) is 11.8. The monoisotopic (exact) mass is 246 g/mol. The zero-order chi connectivity index (χ0) is 13.1. The van der Waals surface area contributed by atoms with Gasteiger partial charge in [-0.15, -0.1) is 0 Å². The summed E-state index contributed by atoms with van der Waals surface area (Å²) in [7, 11) is 0. The van der Waals surface area contributed by atoms with Crippen molar-refractivity contribution in [3.05, 3.63) is 58.0 Å². The van der Waals surface area contributed by atoms with Gasteiger partial charge in [-0.05, 0) is 34.2 Å². The number of hydrogen-bond donors (Lipinski definition) is 0. The van der Waals surface area contributed by atoms with Gasteiger partial charge in [0.25, 0.3) is 0 Å². The molecule has 0 bridgehead atoms. The Labute approximate surface area is 101 Å². The van der Waals surface area contributed by atoms with Crippen molar-refractivity contribution in [3.63, 3.8) is 0 Å². The number of nitrogens with zero attached hydrogens (tertiary/aromatic N) is 2. The number of pyridine rings is 1. The number of carbonyl (C=O) groups excluding carboxylic acids is 1. The summed E-state index contributed by atoms with van der Waals surface area (Å²) >= 11 is 0. The molecule has 0 aliphatic rings. The van der Waals surface area contributed by atoms with Crippen molar-refractivity contribution in [2.75, 3.05) is 0 Å². The summed E-state index contributed by atoms with van der Waals surface area (Å²) in [5.41, 5.74) is 0.883. The minimum Gasteiger partial charge on any atom is -0.358 e. The zero-order valence-corrected chi connectivity index (χ0v) is 9.04. The number of benzene rings is 1. The number of hydrogen-bond acceptors (Lipinski definition) is 4. The van der Waals surface area contributed by atoms with Gasteiger partial charge in [-0.25, -0.2) is 4.39 Å². The third-order valence-corrected chi connectivity index (χ3v) is 2.37. The summed E-state index contributed by atoms with van der Waals surface area (Å²) in [5, 5.41) is 10.4. The normalized spacial score (nSPS) is 10.1. The molecule has 5 nitrogen and oxygen atoms in total. The lowest BCUT2D eigenvalue weighted by molar-refractivity contribution is -0.389. The van der Waals surface area contributed by atoms with Gasteiger partial charge in [-0.3, -0.25) is 4.79 Å². The minimum absolute atomic E-state index is 0.182. The van der Waals surface area contributed by atoms with Gasteiger partial charge in [-0.1, -0.05) is 0 Å². The number of aldehydes is 1. The van der Waals surface area contributed by atoms with E-state index in [4.69, 9.17) is 0 Å². The molecule has 0 unspecified atom stereocenters. The molecule has 1 aromatic heterocycles. The van der Waals surface area contributed by atoms with Crippen LogP contribution in [0.25, 0.3) is 11.1 Å². The van der Waals surface area contributed by atoms with E-state index in [0.29, 0.717) is 17.4 Å². The standard InChI is InChI=1S/C12H7FN2O3/c13-11-3-1-8(7-16)5-10(11)9-2-4-12(14-6-9)15(17)18/h1-7H. The van der Waals surface area contributed by atoms with Crippen LogP contribution in [-0.2, 0) is 0 Å². The first-order chi connectivity index (χ1) is 8.61. The van der Waals surface area contributed by atoms with Gasteiger partial charge in [0.1, 0.15) is 18.3 Å². The molecule has 0 aliphatic carbocycles. The predicted molar refractivity (Wildman–Crippen MR) is 61.7 cm³/mol. The van der Waals surface area contributed by atoms with Crippen LogP contribution in [0.1, 0.15) is 10.4 Å². The lowest BCUT2D eigenvalue weighted by atomic mass is 10.0. The molecule has 0 saturated heterocycles. The van der Waals surface area contributed by atoms with Crippen molar-refractivity contribution >= 4 is 12.1 Å². The Bertz CT molecular complexity index is 611. The number of nitro groups is 1. The third kappa shape index (κ3) is 2.22. The summed E-state index contributed by atoms with van der Waals surface area (Å²) in [6.45, 7) is 0. The maximum atomic E-state index is 13.6. The second-order valence-electron chi connectivity index (χ2n) is 3.52. The molecule has 0 radical (unpaired) electrons. The fourth-order valence-corrected chi connectivity index (χ4v) is 1.49. The van der Waals surface area contributed by atoms with E-state index in [1.165, 1.54) is 36.5 Å². The van der Waals surface area contributed by atoms with Gasteiger partial charge in [0.15, 0.2) is 0 Å². The van der Waals surface area contributed by atoms with Crippen molar-refractivity contribution in [1.29, 1.82) is 0 Å². The summed E-state index contributed by atoms with van der Waals surface area (Å²) in [6, 6.07) is 6.46. The van der Waals surface area contributed by atoms with Crippen molar-refractivity contribution in [2.24, 2.45) is 0 Å². The van der Waals surface area contributed by atoms with Crippen LogP contribution in [0.3, 0.4) is 0 Å². The number of halogens is 1. The van der Waals surface area contributed by atoms with Gasteiger partial charge >= 0.3 is 5.82 Å². The Morgan fingerprint density at radius 2 is 2.06 bits per heavy atom. The highest BCUT2D eigenvalue weighted by Gasteiger charge is 2.11. The molecule has 2 aromatic rings. The summed E-state index contributed by atoms with van der Waals surface area (Å²) in [4.78, 5) is 24.0. The highest BCUT2D eigenvalue weighted by molar-refractivity contribution is 5.79. The van der Waals surface area contributed by atoms with Crippen LogP contribution in [0.4, 0.5) is 10.2 Å². The van der Waals surface area contributed by atoms with Gasteiger partial charge in [0.05, 0.1) is 0 Å². The molecule has 90 valence electrons. The van der Waals surface area contributed by atoms with Crippen molar-refractivity contribution in [3.8, 4) is 11.1 Å². The van der Waals surface area contributed by atoms with Crippen LogP contribution in [0, 0.1) is 15.9 Å². The molecule has 1 heterocycles. The minimum atomic E-state index is -0.637. The van der Waals surface area contributed by atoms with Crippen molar-refractivity contribution in [1.82, 2.24) is 4.98 Å². The number of carbonyl (C=O) groups is 1. The maximum absolute atomic E-state index is 13.6. The van der Waals surface area contributed by atoms with E-state index in [0.717, 1.165) is 0 Å². The molecule has 0 amide bonds. The second kappa shape index (κ2) is 4.70. The van der Waals surface area contributed by atoms with Gasteiger partial charge in [0, 0.05) is 22.8 Å². The van der Waals surface area contributed by atoms with E-state index in [1.807, 2.05) is 0 Å². The average molecular weight is 246 g/mol. The first-order valence-electron chi connectivity index (χ1n) is 4.97. The van der Waals surface area contributed by atoms with Gasteiger partial charge in [-0.2, -0.15) is 0 Å². The smallest absolute Gasteiger partial charge is 0.358 e. The maximum Gasteiger partial charge on any atom is 0.363 e. The molecule has 6 heteroatoms. The largest absolute Gasteiger partial charge is 0.363 e. The van der Waals surface area contributed by atoms with Crippen molar-refractivity contribution in [2.45, 2.75) is 0 Å². The highest BCUT2D eigenvalue weighted by atomic mass is 19.1. The molecule has 0 aliphatic heterocycles.